The number of rotatable bonds is 2. The molecule has 0 unspecified atom stereocenters. The summed E-state index contributed by atoms with van der Waals surface area (Å²) in [7, 11) is 1.84. The quantitative estimate of drug-likeness (QED) is 0.614. The van der Waals surface area contributed by atoms with Crippen molar-refractivity contribution in [3.63, 3.8) is 0 Å². The van der Waals surface area contributed by atoms with E-state index in [1.807, 2.05) is 19.2 Å². The molecule has 2 nitrogen and oxygen atoms in total. The second-order valence-corrected chi connectivity index (χ2v) is 1.45. The molecule has 0 saturated heterocycles. The van der Waals surface area contributed by atoms with E-state index in [-0.39, 0.29) is 0 Å². The van der Waals surface area contributed by atoms with Gasteiger partial charge in [0.2, 0.25) is 0 Å². The first kappa shape index (κ1) is 5.38. The molecule has 1 N–H and O–H groups in total. The van der Waals surface area contributed by atoms with E-state index in [2.05, 4.69) is 5.32 Å². The minimum Gasteiger partial charge on any atom is -0.468 e. The maximum Gasteiger partial charge on any atom is 0.122 e. The van der Waals surface area contributed by atoms with Gasteiger partial charge in [0.25, 0.3) is 0 Å². The summed E-state index contributed by atoms with van der Waals surface area (Å²) >= 11 is 0. The van der Waals surface area contributed by atoms with Crippen molar-refractivity contribution in [1.82, 2.24) is 5.32 Å². The van der Waals surface area contributed by atoms with E-state index in [1.54, 1.807) is 12.8 Å². The lowest BCUT2D eigenvalue weighted by Crippen LogP contribution is -1.99. The van der Waals surface area contributed by atoms with Crippen LogP contribution in [0.5, 0.6) is 0 Å². The van der Waals surface area contributed by atoms with Crippen LogP contribution in [0.3, 0.4) is 0 Å². The zero-order valence-electron chi connectivity index (χ0n) is 4.72. The van der Waals surface area contributed by atoms with Gasteiger partial charge in [0.05, 0.1) is 12.8 Å². The van der Waals surface area contributed by atoms with E-state index in [0.29, 0.717) is 0 Å². The molecule has 1 radical (unpaired) electrons. The van der Waals surface area contributed by atoms with Gasteiger partial charge >= 0.3 is 0 Å². The number of nitrogens with one attached hydrogen (secondary N) is 1. The van der Waals surface area contributed by atoms with Crippen LogP contribution in [0.2, 0.25) is 0 Å². The summed E-state index contributed by atoms with van der Waals surface area (Å²) in [6.07, 6.45) is 1.64. The Balaban J connectivity index is 2.50. The monoisotopic (exact) mass is 110 g/mol. The third-order valence-electron chi connectivity index (χ3n) is 0.830. The topological polar surface area (TPSA) is 25.2 Å². The smallest absolute Gasteiger partial charge is 0.122 e. The van der Waals surface area contributed by atoms with E-state index in [9.17, 15) is 0 Å². The molecular formula is C6H8NO. The van der Waals surface area contributed by atoms with Gasteiger partial charge in [-0.1, -0.05) is 0 Å². The minimum absolute atomic E-state index is 0.854. The van der Waals surface area contributed by atoms with Crippen molar-refractivity contribution >= 4 is 0 Å². The van der Waals surface area contributed by atoms with Crippen molar-refractivity contribution in [1.29, 1.82) is 0 Å². The molecule has 43 valence electrons. The highest BCUT2D eigenvalue weighted by molar-refractivity contribution is 5.06. The molecule has 2 heteroatoms. The summed E-state index contributed by atoms with van der Waals surface area (Å²) in [6.45, 7) is 1.79. The van der Waals surface area contributed by atoms with Gasteiger partial charge in [-0.3, -0.25) is 0 Å². The first-order valence-electron chi connectivity index (χ1n) is 2.47. The van der Waals surface area contributed by atoms with Crippen LogP contribution in [0, 0.1) is 6.54 Å². The Morgan fingerprint density at radius 2 is 2.62 bits per heavy atom. The van der Waals surface area contributed by atoms with Gasteiger partial charge in [0.15, 0.2) is 0 Å². The number of hydrogen-bond acceptors (Lipinski definition) is 2. The normalized spacial score (nSPS) is 9.62. The highest BCUT2D eigenvalue weighted by Gasteiger charge is 1.88. The molecule has 8 heavy (non-hydrogen) atoms. The molecule has 0 saturated carbocycles. The van der Waals surface area contributed by atoms with Crippen molar-refractivity contribution in [2.75, 3.05) is 7.05 Å². The lowest BCUT2D eigenvalue weighted by atomic mass is 10.4. The lowest BCUT2D eigenvalue weighted by molar-refractivity contribution is 0.532. The van der Waals surface area contributed by atoms with E-state index < -0.39 is 0 Å². The molecule has 1 heterocycles. The van der Waals surface area contributed by atoms with Crippen molar-refractivity contribution in [3.05, 3.63) is 30.7 Å². The van der Waals surface area contributed by atoms with E-state index in [1.165, 1.54) is 0 Å². The Labute approximate surface area is 48.5 Å². The second-order valence-electron chi connectivity index (χ2n) is 1.45. The fourth-order valence-corrected chi connectivity index (χ4v) is 0.516. The Bertz CT molecular complexity index is 134. The van der Waals surface area contributed by atoms with Crippen LogP contribution < -0.4 is 5.32 Å². The SMILES string of the molecule is CN[CH]c1ccco1. The minimum atomic E-state index is 0.854. The molecule has 0 atom stereocenters. The Morgan fingerprint density at radius 1 is 1.75 bits per heavy atom. The summed E-state index contributed by atoms with van der Waals surface area (Å²) < 4.78 is 4.96. The van der Waals surface area contributed by atoms with Crippen molar-refractivity contribution in [2.24, 2.45) is 0 Å². The third-order valence-corrected chi connectivity index (χ3v) is 0.830. The lowest BCUT2D eigenvalue weighted by Gasteiger charge is -1.88. The molecule has 0 amide bonds. The molecule has 0 aliphatic carbocycles. The third kappa shape index (κ3) is 1.10. The van der Waals surface area contributed by atoms with E-state index in [4.69, 9.17) is 4.42 Å². The average molecular weight is 110 g/mol. The summed E-state index contributed by atoms with van der Waals surface area (Å²) in [4.78, 5) is 0. The molecular weight excluding hydrogens is 102 g/mol. The summed E-state index contributed by atoms with van der Waals surface area (Å²) in [5.41, 5.74) is 0. The van der Waals surface area contributed by atoms with Crippen molar-refractivity contribution < 1.29 is 4.42 Å². The van der Waals surface area contributed by atoms with Crippen LogP contribution in [-0.4, -0.2) is 7.05 Å². The van der Waals surface area contributed by atoms with Crippen molar-refractivity contribution in [3.8, 4) is 0 Å². The van der Waals surface area contributed by atoms with Crippen LogP contribution in [0.25, 0.3) is 0 Å². The van der Waals surface area contributed by atoms with E-state index >= 15 is 0 Å². The van der Waals surface area contributed by atoms with Gasteiger partial charge in [-0.2, -0.15) is 0 Å². The van der Waals surface area contributed by atoms with Crippen LogP contribution in [0.4, 0.5) is 0 Å². The Morgan fingerprint density at radius 3 is 3.12 bits per heavy atom. The molecule has 1 aromatic heterocycles. The van der Waals surface area contributed by atoms with Gasteiger partial charge in [0, 0.05) is 0 Å². The zero-order valence-corrected chi connectivity index (χ0v) is 4.72. The van der Waals surface area contributed by atoms with E-state index in [0.717, 1.165) is 5.76 Å². The standard InChI is InChI=1S/C6H8NO/c1-7-5-6-3-2-4-8-6/h2-5,7H,1H3. The summed E-state index contributed by atoms with van der Waals surface area (Å²) in [6, 6.07) is 3.74. The van der Waals surface area contributed by atoms with Gasteiger partial charge in [-0.15, -0.1) is 0 Å². The molecule has 1 rings (SSSR count). The van der Waals surface area contributed by atoms with Gasteiger partial charge in [-0.05, 0) is 19.2 Å². The molecule has 0 bridgehead atoms. The molecule has 0 aliphatic heterocycles. The Hall–Kier alpha value is -0.760. The molecule has 0 spiro atoms. The number of furan rings is 1. The maximum absolute atomic E-state index is 4.96. The largest absolute Gasteiger partial charge is 0.468 e. The zero-order chi connectivity index (χ0) is 5.82. The van der Waals surface area contributed by atoms with Gasteiger partial charge in [-0.25, -0.2) is 0 Å². The maximum atomic E-state index is 4.96. The van der Waals surface area contributed by atoms with Crippen LogP contribution in [-0.2, 0) is 0 Å². The molecule has 0 fully saturated rings. The van der Waals surface area contributed by atoms with Gasteiger partial charge < -0.3 is 9.73 Å². The fourth-order valence-electron chi connectivity index (χ4n) is 0.516. The van der Waals surface area contributed by atoms with Crippen LogP contribution >= 0.6 is 0 Å². The highest BCUT2D eigenvalue weighted by atomic mass is 16.3. The van der Waals surface area contributed by atoms with Crippen molar-refractivity contribution in [2.45, 2.75) is 0 Å². The van der Waals surface area contributed by atoms with Crippen LogP contribution in [0.15, 0.2) is 22.8 Å². The fraction of sp³-hybridized carbons (Fsp3) is 0.167. The molecule has 0 aromatic carbocycles. The first-order valence-corrected chi connectivity index (χ1v) is 2.47. The molecule has 0 aliphatic rings. The number of hydrogen-bond donors (Lipinski definition) is 1. The first-order chi connectivity index (χ1) is 3.93. The predicted molar refractivity (Wildman–Crippen MR) is 31.2 cm³/mol. The molecule has 1 aromatic rings. The average Bonchev–Trinajstić information content (AvgIpc) is 2.19. The van der Waals surface area contributed by atoms with Crippen LogP contribution in [0.1, 0.15) is 5.76 Å². The van der Waals surface area contributed by atoms with Gasteiger partial charge in [0.1, 0.15) is 5.76 Å². The summed E-state index contributed by atoms with van der Waals surface area (Å²) in [5, 5.41) is 2.85. The summed E-state index contributed by atoms with van der Waals surface area (Å²) in [5.74, 6) is 0.854. The predicted octanol–water partition coefficient (Wildman–Crippen LogP) is 1.01. The second kappa shape index (κ2) is 2.52. The Kier molecular flexibility index (Phi) is 1.70. The highest BCUT2D eigenvalue weighted by Crippen LogP contribution is 1.98.